The number of benzene rings is 2. The van der Waals surface area contributed by atoms with Crippen LogP contribution in [0.3, 0.4) is 0 Å². The third-order valence-corrected chi connectivity index (χ3v) is 5.22. The van der Waals surface area contributed by atoms with Crippen LogP contribution in [0.25, 0.3) is 10.8 Å². The molecule has 1 amide bonds. The van der Waals surface area contributed by atoms with Gasteiger partial charge in [0.2, 0.25) is 5.91 Å². The molecule has 2 aromatic rings. The first-order chi connectivity index (χ1) is 10.7. The van der Waals surface area contributed by atoms with Crippen LogP contribution in [-0.4, -0.2) is 23.7 Å². The van der Waals surface area contributed by atoms with Gasteiger partial charge in [-0.25, -0.2) is 0 Å². The number of fused-ring (bicyclic) bond motifs is 1. The topological polar surface area (TPSA) is 55.1 Å². The van der Waals surface area contributed by atoms with E-state index in [9.17, 15) is 4.79 Å². The van der Waals surface area contributed by atoms with Gasteiger partial charge in [-0.2, -0.15) is 0 Å². The van der Waals surface area contributed by atoms with Crippen LogP contribution in [0.1, 0.15) is 25.7 Å². The van der Waals surface area contributed by atoms with Crippen LogP contribution >= 0.6 is 11.8 Å². The van der Waals surface area contributed by atoms with Gasteiger partial charge in [-0.15, -0.1) is 11.8 Å². The van der Waals surface area contributed by atoms with Crippen LogP contribution in [-0.2, 0) is 4.79 Å². The minimum atomic E-state index is 0.124. The highest BCUT2D eigenvalue weighted by Gasteiger charge is 2.19. The Hall–Kier alpha value is -1.52. The normalized spacial score (nSPS) is 21.7. The Morgan fingerprint density at radius 2 is 1.82 bits per heavy atom. The van der Waals surface area contributed by atoms with E-state index in [1.54, 1.807) is 11.8 Å². The Balaban J connectivity index is 1.51. The second-order valence-electron chi connectivity index (χ2n) is 5.98. The van der Waals surface area contributed by atoms with Crippen LogP contribution in [0.15, 0.2) is 47.4 Å². The van der Waals surface area contributed by atoms with Gasteiger partial charge in [-0.1, -0.05) is 30.3 Å². The van der Waals surface area contributed by atoms with Gasteiger partial charge >= 0.3 is 0 Å². The van der Waals surface area contributed by atoms with Crippen molar-refractivity contribution in [2.24, 2.45) is 5.73 Å². The second kappa shape index (κ2) is 7.16. The summed E-state index contributed by atoms with van der Waals surface area (Å²) in [6.07, 6.45) is 4.05. The minimum Gasteiger partial charge on any atom is -0.353 e. The number of carbonyl (C=O) groups is 1. The molecule has 3 rings (SSSR count). The Morgan fingerprint density at radius 1 is 1.09 bits per heavy atom. The largest absolute Gasteiger partial charge is 0.353 e. The number of nitrogens with one attached hydrogen (secondary N) is 1. The van der Waals surface area contributed by atoms with Crippen LogP contribution in [0.5, 0.6) is 0 Å². The molecule has 1 fully saturated rings. The fourth-order valence-electron chi connectivity index (χ4n) is 2.94. The molecule has 3 N–H and O–H groups in total. The molecule has 0 radical (unpaired) electrons. The summed E-state index contributed by atoms with van der Waals surface area (Å²) >= 11 is 1.60. The standard InChI is InChI=1S/C18H22N2OS/c19-15-6-8-16(9-7-15)20-18(21)12-22-17-10-5-13-3-1-2-4-14(13)11-17/h1-5,10-11,15-16H,6-9,12,19H2,(H,20,21). The predicted octanol–water partition coefficient (Wildman–Crippen LogP) is 3.32. The zero-order valence-corrected chi connectivity index (χ0v) is 13.4. The van der Waals surface area contributed by atoms with E-state index in [1.165, 1.54) is 10.8 Å². The van der Waals surface area contributed by atoms with Crippen molar-refractivity contribution in [2.45, 2.75) is 42.7 Å². The van der Waals surface area contributed by atoms with Gasteiger partial charge in [-0.05, 0) is 48.6 Å². The molecule has 0 saturated heterocycles. The highest BCUT2D eigenvalue weighted by atomic mass is 32.2. The molecule has 1 saturated carbocycles. The monoisotopic (exact) mass is 314 g/mol. The molecule has 0 spiro atoms. The molecule has 2 aromatic carbocycles. The van der Waals surface area contributed by atoms with E-state index >= 15 is 0 Å². The lowest BCUT2D eigenvalue weighted by molar-refractivity contribution is -0.119. The number of thioether (sulfide) groups is 1. The van der Waals surface area contributed by atoms with Crippen molar-refractivity contribution in [3.05, 3.63) is 42.5 Å². The molecule has 1 aliphatic carbocycles. The lowest BCUT2D eigenvalue weighted by Gasteiger charge is -2.26. The summed E-state index contributed by atoms with van der Waals surface area (Å²) in [5.74, 6) is 0.597. The van der Waals surface area contributed by atoms with Crippen molar-refractivity contribution >= 4 is 28.4 Å². The van der Waals surface area contributed by atoms with Crippen molar-refractivity contribution in [1.29, 1.82) is 0 Å². The van der Waals surface area contributed by atoms with E-state index < -0.39 is 0 Å². The molecular formula is C18H22N2OS. The van der Waals surface area contributed by atoms with Gasteiger partial charge in [0, 0.05) is 17.0 Å². The van der Waals surface area contributed by atoms with Crippen molar-refractivity contribution in [1.82, 2.24) is 5.32 Å². The first-order valence-corrected chi connectivity index (χ1v) is 8.86. The maximum absolute atomic E-state index is 12.1. The van der Waals surface area contributed by atoms with Gasteiger partial charge in [0.25, 0.3) is 0 Å². The lowest BCUT2D eigenvalue weighted by Crippen LogP contribution is -2.41. The zero-order chi connectivity index (χ0) is 15.4. The average molecular weight is 314 g/mol. The Morgan fingerprint density at radius 3 is 2.59 bits per heavy atom. The number of nitrogens with two attached hydrogens (primary N) is 1. The van der Waals surface area contributed by atoms with Crippen LogP contribution in [0.4, 0.5) is 0 Å². The molecule has 3 nitrogen and oxygen atoms in total. The molecule has 0 aliphatic heterocycles. The fourth-order valence-corrected chi connectivity index (χ4v) is 3.69. The summed E-state index contributed by atoms with van der Waals surface area (Å²) in [7, 11) is 0. The predicted molar refractivity (Wildman–Crippen MR) is 93.0 cm³/mol. The number of rotatable bonds is 4. The Labute approximate surface area is 135 Å². The average Bonchev–Trinajstić information content (AvgIpc) is 2.55. The SMILES string of the molecule is NC1CCC(NC(=O)CSc2ccc3ccccc3c2)CC1. The number of amides is 1. The first kappa shape index (κ1) is 15.4. The summed E-state index contributed by atoms with van der Waals surface area (Å²) in [4.78, 5) is 13.2. The summed E-state index contributed by atoms with van der Waals surface area (Å²) in [6.45, 7) is 0. The quantitative estimate of drug-likeness (QED) is 0.851. The third-order valence-electron chi connectivity index (χ3n) is 4.23. The summed E-state index contributed by atoms with van der Waals surface area (Å²) in [5, 5.41) is 5.58. The zero-order valence-electron chi connectivity index (χ0n) is 12.6. The highest BCUT2D eigenvalue weighted by Crippen LogP contribution is 2.24. The third kappa shape index (κ3) is 4.02. The summed E-state index contributed by atoms with van der Waals surface area (Å²) in [6, 6.07) is 15.3. The maximum Gasteiger partial charge on any atom is 0.230 e. The smallest absolute Gasteiger partial charge is 0.230 e. The van der Waals surface area contributed by atoms with Crippen molar-refractivity contribution in [2.75, 3.05) is 5.75 Å². The molecule has 0 bridgehead atoms. The van der Waals surface area contributed by atoms with Crippen LogP contribution in [0.2, 0.25) is 0 Å². The molecule has 0 heterocycles. The van der Waals surface area contributed by atoms with Crippen molar-refractivity contribution < 1.29 is 4.79 Å². The van der Waals surface area contributed by atoms with E-state index in [1.807, 2.05) is 12.1 Å². The van der Waals surface area contributed by atoms with E-state index in [0.717, 1.165) is 30.6 Å². The molecule has 0 unspecified atom stereocenters. The maximum atomic E-state index is 12.1. The van der Waals surface area contributed by atoms with Crippen LogP contribution in [0, 0.1) is 0 Å². The minimum absolute atomic E-state index is 0.124. The van der Waals surface area contributed by atoms with E-state index in [2.05, 4.69) is 35.6 Å². The Bertz CT molecular complexity index is 650. The molecule has 116 valence electrons. The number of hydrogen-bond donors (Lipinski definition) is 2. The van der Waals surface area contributed by atoms with Gasteiger partial charge in [0.05, 0.1) is 5.75 Å². The fraction of sp³-hybridized carbons (Fsp3) is 0.389. The van der Waals surface area contributed by atoms with Crippen molar-refractivity contribution in [3.8, 4) is 0 Å². The Kier molecular flexibility index (Phi) is 5.01. The molecule has 22 heavy (non-hydrogen) atoms. The van der Waals surface area contributed by atoms with Gasteiger partial charge in [-0.3, -0.25) is 4.79 Å². The van der Waals surface area contributed by atoms with E-state index in [0.29, 0.717) is 17.8 Å². The summed E-state index contributed by atoms with van der Waals surface area (Å²) in [5.41, 5.74) is 5.89. The molecular weight excluding hydrogens is 292 g/mol. The molecule has 4 heteroatoms. The highest BCUT2D eigenvalue weighted by molar-refractivity contribution is 8.00. The van der Waals surface area contributed by atoms with Crippen molar-refractivity contribution in [3.63, 3.8) is 0 Å². The lowest BCUT2D eigenvalue weighted by atomic mass is 9.92. The number of carbonyl (C=O) groups excluding carboxylic acids is 1. The molecule has 0 atom stereocenters. The van der Waals surface area contributed by atoms with Gasteiger partial charge < -0.3 is 11.1 Å². The molecule has 0 aromatic heterocycles. The number of hydrogen-bond acceptors (Lipinski definition) is 3. The first-order valence-electron chi connectivity index (χ1n) is 7.87. The van der Waals surface area contributed by atoms with Gasteiger partial charge in [0.15, 0.2) is 0 Å². The van der Waals surface area contributed by atoms with Gasteiger partial charge in [0.1, 0.15) is 0 Å². The second-order valence-corrected chi connectivity index (χ2v) is 7.03. The van der Waals surface area contributed by atoms with Crippen LogP contribution < -0.4 is 11.1 Å². The van der Waals surface area contributed by atoms with E-state index in [-0.39, 0.29) is 5.91 Å². The molecule has 1 aliphatic rings. The summed E-state index contributed by atoms with van der Waals surface area (Å²) < 4.78 is 0. The van der Waals surface area contributed by atoms with E-state index in [4.69, 9.17) is 5.73 Å².